The van der Waals surface area contributed by atoms with E-state index in [1.165, 1.54) is 4.31 Å². The molecule has 5 nitrogen and oxygen atoms in total. The molecule has 1 heterocycles. The molecule has 0 spiro atoms. The molecule has 0 aliphatic carbocycles. The molecule has 6 heteroatoms. The Hall–Kier alpha value is -1.11. The smallest absolute Gasteiger partial charge is 0.303 e. The molecule has 0 saturated carbocycles. The number of piperidine rings is 1. The molecule has 2 rings (SSSR count). The minimum Gasteiger partial charge on any atom is -0.317 e. The van der Waals surface area contributed by atoms with Gasteiger partial charge in [-0.05, 0) is 44.0 Å². The largest absolute Gasteiger partial charge is 0.317 e. The lowest BCUT2D eigenvalue weighted by molar-refractivity contribution is 0.261. The summed E-state index contributed by atoms with van der Waals surface area (Å²) in [4.78, 5) is 0. The second-order valence-corrected chi connectivity index (χ2v) is 7.44. The normalized spacial score (nSPS) is 20.4. The Balaban J connectivity index is 2.08. The van der Waals surface area contributed by atoms with E-state index in [4.69, 9.17) is 0 Å². The molecule has 0 amide bonds. The first-order valence-electron chi connectivity index (χ1n) is 7.55. The van der Waals surface area contributed by atoms with Gasteiger partial charge in [-0.15, -0.1) is 0 Å². The zero-order valence-corrected chi connectivity index (χ0v) is 13.6. The molecule has 0 aromatic heterocycles. The van der Waals surface area contributed by atoms with Crippen molar-refractivity contribution in [2.24, 2.45) is 5.92 Å². The molecule has 1 atom stereocenters. The van der Waals surface area contributed by atoms with Crippen molar-refractivity contribution >= 4 is 15.9 Å². The first-order chi connectivity index (χ1) is 10.1. The quantitative estimate of drug-likeness (QED) is 0.870. The maximum absolute atomic E-state index is 12.7. The minimum absolute atomic E-state index is 0.401. The molecular formula is C15H25N3O2S. The number of rotatable bonds is 6. The maximum Gasteiger partial charge on any atom is 0.303 e. The Morgan fingerprint density at radius 2 is 2.05 bits per heavy atom. The highest BCUT2D eigenvalue weighted by molar-refractivity contribution is 7.90. The van der Waals surface area contributed by atoms with Crippen molar-refractivity contribution in [3.8, 4) is 0 Å². The third-order valence-corrected chi connectivity index (χ3v) is 5.84. The number of benzene rings is 1. The maximum atomic E-state index is 12.7. The first kappa shape index (κ1) is 16.3. The van der Waals surface area contributed by atoms with Crippen LogP contribution >= 0.6 is 0 Å². The summed E-state index contributed by atoms with van der Waals surface area (Å²) in [6.45, 7) is 5.10. The first-order valence-corrected chi connectivity index (χ1v) is 8.95. The van der Waals surface area contributed by atoms with E-state index in [1.807, 2.05) is 30.3 Å². The van der Waals surface area contributed by atoms with Crippen LogP contribution < -0.4 is 9.62 Å². The van der Waals surface area contributed by atoms with E-state index in [0.717, 1.165) is 25.9 Å². The van der Waals surface area contributed by atoms with Crippen LogP contribution in [-0.4, -0.2) is 45.9 Å². The van der Waals surface area contributed by atoms with E-state index in [1.54, 1.807) is 11.4 Å². The molecule has 1 aromatic carbocycles. The van der Waals surface area contributed by atoms with Gasteiger partial charge in [-0.3, -0.25) is 4.31 Å². The Labute approximate surface area is 128 Å². The fourth-order valence-electron chi connectivity index (χ4n) is 2.70. The SMILES string of the molecule is CCNCC1CCCN(S(=O)(=O)N(C)c2ccccc2)C1. The van der Waals surface area contributed by atoms with Gasteiger partial charge in [0.2, 0.25) is 0 Å². The van der Waals surface area contributed by atoms with Gasteiger partial charge in [0.1, 0.15) is 0 Å². The van der Waals surface area contributed by atoms with Crippen LogP contribution in [0.4, 0.5) is 5.69 Å². The zero-order valence-electron chi connectivity index (χ0n) is 12.8. The lowest BCUT2D eigenvalue weighted by atomic mass is 10.00. The van der Waals surface area contributed by atoms with Crippen molar-refractivity contribution in [1.82, 2.24) is 9.62 Å². The Morgan fingerprint density at radius 3 is 2.71 bits per heavy atom. The number of hydrogen-bond acceptors (Lipinski definition) is 3. The van der Waals surface area contributed by atoms with Crippen molar-refractivity contribution in [2.45, 2.75) is 19.8 Å². The van der Waals surface area contributed by atoms with Crippen LogP contribution in [0.1, 0.15) is 19.8 Å². The van der Waals surface area contributed by atoms with Crippen LogP contribution in [-0.2, 0) is 10.2 Å². The van der Waals surface area contributed by atoms with Gasteiger partial charge in [0.15, 0.2) is 0 Å². The summed E-state index contributed by atoms with van der Waals surface area (Å²) >= 11 is 0. The summed E-state index contributed by atoms with van der Waals surface area (Å²) in [6, 6.07) is 9.23. The van der Waals surface area contributed by atoms with E-state index >= 15 is 0 Å². The van der Waals surface area contributed by atoms with Gasteiger partial charge < -0.3 is 5.32 Å². The average molecular weight is 311 g/mol. The summed E-state index contributed by atoms with van der Waals surface area (Å²) in [5.41, 5.74) is 0.700. The molecule has 1 fully saturated rings. The predicted octanol–water partition coefficient (Wildman–Crippen LogP) is 1.69. The van der Waals surface area contributed by atoms with E-state index in [9.17, 15) is 8.42 Å². The molecular weight excluding hydrogens is 286 g/mol. The molecule has 0 bridgehead atoms. The van der Waals surface area contributed by atoms with Crippen molar-refractivity contribution < 1.29 is 8.42 Å². The third-order valence-electron chi connectivity index (χ3n) is 3.96. The molecule has 1 saturated heterocycles. The molecule has 1 aliphatic rings. The number of nitrogens with one attached hydrogen (secondary N) is 1. The lowest BCUT2D eigenvalue weighted by Crippen LogP contribution is -2.48. The Morgan fingerprint density at radius 1 is 1.33 bits per heavy atom. The molecule has 0 radical (unpaired) electrons. The molecule has 1 N–H and O–H groups in total. The van der Waals surface area contributed by atoms with Crippen molar-refractivity contribution in [3.63, 3.8) is 0 Å². The van der Waals surface area contributed by atoms with Crippen LogP contribution in [0, 0.1) is 5.92 Å². The van der Waals surface area contributed by atoms with Crippen LogP contribution in [0.3, 0.4) is 0 Å². The number of hydrogen-bond donors (Lipinski definition) is 1. The number of anilines is 1. The third kappa shape index (κ3) is 3.96. The zero-order chi connectivity index (χ0) is 15.3. The Bertz CT molecular complexity index is 533. The van der Waals surface area contributed by atoms with Gasteiger partial charge in [-0.1, -0.05) is 25.1 Å². The average Bonchev–Trinajstić information content (AvgIpc) is 2.53. The Kier molecular flexibility index (Phi) is 5.61. The fourth-order valence-corrected chi connectivity index (χ4v) is 4.19. The summed E-state index contributed by atoms with van der Waals surface area (Å²) in [5.74, 6) is 0.401. The summed E-state index contributed by atoms with van der Waals surface area (Å²) in [5, 5.41) is 3.32. The molecule has 21 heavy (non-hydrogen) atoms. The van der Waals surface area contributed by atoms with Crippen LogP contribution in [0.25, 0.3) is 0 Å². The monoisotopic (exact) mass is 311 g/mol. The standard InChI is InChI=1S/C15H25N3O2S/c1-3-16-12-14-8-7-11-18(13-14)21(19,20)17(2)15-9-5-4-6-10-15/h4-6,9-10,14,16H,3,7-8,11-13H2,1-2H3. The van der Waals surface area contributed by atoms with Crippen LogP contribution in [0.2, 0.25) is 0 Å². The lowest BCUT2D eigenvalue weighted by Gasteiger charge is -2.35. The van der Waals surface area contributed by atoms with E-state index in [-0.39, 0.29) is 0 Å². The topological polar surface area (TPSA) is 52.7 Å². The summed E-state index contributed by atoms with van der Waals surface area (Å²) < 4.78 is 28.5. The molecule has 118 valence electrons. The highest BCUT2D eigenvalue weighted by Crippen LogP contribution is 2.23. The van der Waals surface area contributed by atoms with Gasteiger partial charge in [0, 0.05) is 20.1 Å². The second-order valence-electron chi connectivity index (χ2n) is 5.48. The highest BCUT2D eigenvalue weighted by Gasteiger charge is 2.31. The van der Waals surface area contributed by atoms with Gasteiger partial charge in [0.25, 0.3) is 0 Å². The van der Waals surface area contributed by atoms with E-state index in [0.29, 0.717) is 24.7 Å². The van der Waals surface area contributed by atoms with Crippen molar-refractivity contribution in [3.05, 3.63) is 30.3 Å². The van der Waals surface area contributed by atoms with Crippen LogP contribution in [0.5, 0.6) is 0 Å². The van der Waals surface area contributed by atoms with E-state index in [2.05, 4.69) is 12.2 Å². The summed E-state index contributed by atoms with van der Waals surface area (Å²) in [6.07, 6.45) is 2.02. The van der Waals surface area contributed by atoms with Gasteiger partial charge >= 0.3 is 10.2 Å². The van der Waals surface area contributed by atoms with E-state index < -0.39 is 10.2 Å². The predicted molar refractivity (Wildman–Crippen MR) is 86.6 cm³/mol. The van der Waals surface area contributed by atoms with Gasteiger partial charge in [0.05, 0.1) is 5.69 Å². The highest BCUT2D eigenvalue weighted by atomic mass is 32.2. The molecule has 1 aliphatic heterocycles. The minimum atomic E-state index is -3.43. The van der Waals surface area contributed by atoms with Crippen molar-refractivity contribution in [2.75, 3.05) is 37.5 Å². The molecule has 1 unspecified atom stereocenters. The van der Waals surface area contributed by atoms with Gasteiger partial charge in [-0.2, -0.15) is 12.7 Å². The number of para-hydroxylation sites is 1. The number of nitrogens with zero attached hydrogens (tertiary/aromatic N) is 2. The van der Waals surface area contributed by atoms with Crippen molar-refractivity contribution in [1.29, 1.82) is 0 Å². The summed E-state index contributed by atoms with van der Waals surface area (Å²) in [7, 11) is -1.81. The fraction of sp³-hybridized carbons (Fsp3) is 0.600. The van der Waals surface area contributed by atoms with Crippen LogP contribution in [0.15, 0.2) is 30.3 Å². The molecule has 1 aromatic rings. The second kappa shape index (κ2) is 7.24. The van der Waals surface area contributed by atoms with Gasteiger partial charge in [-0.25, -0.2) is 0 Å².